The van der Waals surface area contributed by atoms with E-state index in [0.29, 0.717) is 65.9 Å². The summed E-state index contributed by atoms with van der Waals surface area (Å²) in [5.74, 6) is -0.707. The summed E-state index contributed by atoms with van der Waals surface area (Å²) in [4.78, 5) is 120. The van der Waals surface area contributed by atoms with Crippen LogP contribution in [0.3, 0.4) is 0 Å². The molecule has 0 aliphatic heterocycles. The van der Waals surface area contributed by atoms with Crippen LogP contribution in [-0.2, 0) is 0 Å². The van der Waals surface area contributed by atoms with E-state index in [1.54, 1.807) is 97.1 Å². The van der Waals surface area contributed by atoms with Crippen LogP contribution in [0.1, 0.15) is 225 Å². The zero-order valence-corrected chi connectivity index (χ0v) is 58.4. The summed E-state index contributed by atoms with van der Waals surface area (Å²) in [7, 11) is 1.53. The minimum atomic E-state index is -0.541. The average Bonchev–Trinajstić information content (AvgIpc) is 0.868. The molecule has 0 saturated carbocycles. The molecule has 0 spiro atoms. The van der Waals surface area contributed by atoms with Gasteiger partial charge in [-0.2, -0.15) is 0 Å². The molecule has 0 saturated heterocycles. The monoisotopic (exact) mass is 1440 g/mol. The summed E-state index contributed by atoms with van der Waals surface area (Å²) in [5, 5.41) is 0.811. The second-order valence-electron chi connectivity index (χ2n) is 23.4. The maximum absolute atomic E-state index is 13.4. The van der Waals surface area contributed by atoms with Gasteiger partial charge in [0.1, 0.15) is 11.6 Å². The normalized spacial score (nSPS) is 9.86. The number of hydrogen-bond acceptors (Lipinski definition) is 11. The predicted molar refractivity (Wildman–Crippen MR) is 421 cm³/mol. The van der Waals surface area contributed by atoms with Gasteiger partial charge in [0.2, 0.25) is 0 Å². The molecule has 542 valence electrons. The molecule has 0 fully saturated rings. The fourth-order valence-corrected chi connectivity index (χ4v) is 10.7. The highest BCUT2D eigenvalue weighted by molar-refractivity contribution is 6.34. The van der Waals surface area contributed by atoms with E-state index in [0.717, 1.165) is 27.8 Å². The van der Waals surface area contributed by atoms with Gasteiger partial charge in [-0.3, -0.25) is 47.9 Å². The number of halogens is 3. The molecule has 0 bridgehead atoms. The zero-order chi connectivity index (χ0) is 72.5. The summed E-state index contributed by atoms with van der Waals surface area (Å²) in [5.41, 5.74) is 10.6. The summed E-state index contributed by atoms with van der Waals surface area (Å²) < 4.78 is 18.6. The van der Waals surface area contributed by atoms with Crippen molar-refractivity contribution in [2.45, 2.75) is 129 Å². The zero-order valence-electron chi connectivity index (χ0n) is 56.9. The molecule has 10 aromatic carbocycles. The molecule has 104 heavy (non-hydrogen) atoms. The third-order valence-corrected chi connectivity index (χ3v) is 16.7. The Morgan fingerprint density at radius 1 is 0.260 bits per heavy atom. The number of ketones is 10. The topological polar surface area (TPSA) is 180 Å². The molecule has 0 radical (unpaired) electrons. The van der Waals surface area contributed by atoms with Gasteiger partial charge in [0, 0.05) is 109 Å². The Balaban J connectivity index is 0.000000437. The van der Waals surface area contributed by atoms with Gasteiger partial charge in [0.05, 0.1) is 28.3 Å². The smallest absolute Gasteiger partial charge is 0.167 e. The first kappa shape index (κ1) is 89.3. The minimum absolute atomic E-state index is 0. The third-order valence-electron chi connectivity index (χ3n) is 16.0. The second kappa shape index (κ2) is 46.7. The molecule has 0 amide bonds. The molecular weight excluding hydrogens is 1350 g/mol. The van der Waals surface area contributed by atoms with Crippen molar-refractivity contribution >= 4 is 81.0 Å². The molecule has 0 heterocycles. The van der Waals surface area contributed by atoms with Crippen LogP contribution in [0.2, 0.25) is 10.0 Å². The van der Waals surface area contributed by atoms with E-state index in [1.807, 2.05) is 168 Å². The van der Waals surface area contributed by atoms with Crippen LogP contribution in [0, 0.1) is 40.4 Å². The minimum Gasteiger partial charge on any atom is -0.496 e. The number of carbonyl (C=O) groups excluding carboxylic acids is 10. The standard InChI is InChI=1S/2C18H18O2.C17H15FO2.C17H16O3.C16H12Cl2O2.4CH4/c1-13-7-3-5-9-15(13)17(19)11-12-18(20)16-10-6-4-8-14(16)2;1-13-7-9-15(10-8-13)17(19)11-12-18(20)16-6-4-3-5-14(16)2;1-12-6-8-13(9-7-12)16(19)10-11-17(20)14-4-2-3-5-15(14)18;1-20-17-10-6-5-9-14(17)16(19)12-11-15(18)13-7-3-2-4-8-13;17-13-7-3-1-5-11(13)15(19)9-10-16(20)12-6-2-4-8-14(12)18;;;;/h2*3-10H,11-12H2,1-2H3;2-9H,10-11H2,1H3;2-10H,11-12H2,1H3;1-8H,9-10H2;4*1H4. The van der Waals surface area contributed by atoms with Gasteiger partial charge in [-0.25, -0.2) is 4.39 Å². The Hall–Kier alpha value is -10.8. The van der Waals surface area contributed by atoms with Crippen molar-refractivity contribution in [2.75, 3.05) is 7.11 Å². The van der Waals surface area contributed by atoms with Gasteiger partial charge in [0.15, 0.2) is 57.8 Å². The fraction of sp³-hybridized carbons (Fsp3) is 0.222. The van der Waals surface area contributed by atoms with Crippen molar-refractivity contribution in [3.8, 4) is 5.75 Å². The quantitative estimate of drug-likeness (QED) is 0.0471. The molecule has 0 aliphatic carbocycles. The first-order valence-electron chi connectivity index (χ1n) is 32.6. The summed E-state index contributed by atoms with van der Waals surface area (Å²) in [6, 6.07) is 72.6. The molecule has 10 rings (SSSR count). The lowest BCUT2D eigenvalue weighted by atomic mass is 9.97. The first-order chi connectivity index (χ1) is 48.1. The summed E-state index contributed by atoms with van der Waals surface area (Å²) in [6.07, 6.45) is 1.80. The SMILES string of the molecule is C.C.C.C.COc1ccccc1C(=O)CCC(=O)c1ccccc1.Cc1ccc(C(=O)CCC(=O)c2ccccc2C)cc1.Cc1ccc(C(=O)CCC(=O)c2ccccc2F)cc1.Cc1ccccc1C(=O)CCC(=O)c1ccccc1C.O=C(CCC(=O)c1ccccc1Cl)c1ccccc1Cl. The summed E-state index contributed by atoms with van der Waals surface area (Å²) >= 11 is 11.9. The Morgan fingerprint density at radius 3 is 0.808 bits per heavy atom. The number of hydrogen-bond donors (Lipinski definition) is 0. The molecule has 0 aromatic heterocycles. The Kier molecular flexibility index (Phi) is 40.1. The summed E-state index contributed by atoms with van der Waals surface area (Å²) in [6.45, 7) is 9.66. The van der Waals surface area contributed by atoms with Gasteiger partial charge in [-0.05, 0) is 99.8 Å². The van der Waals surface area contributed by atoms with Crippen LogP contribution in [0.25, 0.3) is 0 Å². The molecule has 0 unspecified atom stereocenters. The van der Waals surface area contributed by atoms with Gasteiger partial charge in [-0.15, -0.1) is 0 Å². The lowest BCUT2D eigenvalue weighted by molar-refractivity contribution is 0.0915. The fourth-order valence-electron chi connectivity index (χ4n) is 10.2. The number of aryl methyl sites for hydroxylation is 5. The number of para-hydroxylation sites is 1. The lowest BCUT2D eigenvalue weighted by Crippen LogP contribution is -2.07. The van der Waals surface area contributed by atoms with Crippen molar-refractivity contribution < 1.29 is 57.1 Å². The van der Waals surface area contributed by atoms with Crippen LogP contribution in [0.4, 0.5) is 4.39 Å². The van der Waals surface area contributed by atoms with E-state index >= 15 is 0 Å². The maximum atomic E-state index is 13.4. The van der Waals surface area contributed by atoms with Crippen LogP contribution >= 0.6 is 23.2 Å². The van der Waals surface area contributed by atoms with Crippen molar-refractivity contribution in [3.63, 3.8) is 0 Å². The molecular formula is C90H95Cl2FO11. The Labute approximate surface area is 623 Å². The average molecular weight is 1440 g/mol. The Bertz CT molecular complexity index is 4140. The molecule has 10 aromatic rings. The van der Waals surface area contributed by atoms with Gasteiger partial charge < -0.3 is 4.74 Å². The molecule has 0 aliphatic rings. The van der Waals surface area contributed by atoms with E-state index in [-0.39, 0.29) is 157 Å². The second-order valence-corrected chi connectivity index (χ2v) is 24.2. The maximum Gasteiger partial charge on any atom is 0.167 e. The number of ether oxygens (including phenoxy) is 1. The van der Waals surface area contributed by atoms with Crippen LogP contribution in [0.15, 0.2) is 249 Å². The number of rotatable bonds is 26. The largest absolute Gasteiger partial charge is 0.496 e. The van der Waals surface area contributed by atoms with Crippen molar-refractivity contribution in [1.82, 2.24) is 0 Å². The van der Waals surface area contributed by atoms with E-state index < -0.39 is 5.82 Å². The number of carbonyl (C=O) groups is 10. The predicted octanol–water partition coefficient (Wildman–Crippen LogP) is 23.2. The molecule has 14 heteroatoms. The highest BCUT2D eigenvalue weighted by atomic mass is 35.5. The third kappa shape index (κ3) is 28.6. The number of benzene rings is 10. The molecule has 11 nitrogen and oxygen atoms in total. The molecule has 0 atom stereocenters. The molecule has 0 N–H and O–H groups in total. The van der Waals surface area contributed by atoms with E-state index in [1.165, 1.54) is 25.3 Å². The Morgan fingerprint density at radius 2 is 0.490 bits per heavy atom. The lowest BCUT2D eigenvalue weighted by Gasteiger charge is -2.06. The van der Waals surface area contributed by atoms with Crippen LogP contribution in [0.5, 0.6) is 5.75 Å². The highest BCUT2D eigenvalue weighted by Gasteiger charge is 2.19. The van der Waals surface area contributed by atoms with E-state index in [9.17, 15) is 52.3 Å². The van der Waals surface area contributed by atoms with E-state index in [4.69, 9.17) is 27.9 Å². The van der Waals surface area contributed by atoms with Crippen molar-refractivity contribution in [2.24, 2.45) is 0 Å². The van der Waals surface area contributed by atoms with E-state index in [2.05, 4.69) is 0 Å². The van der Waals surface area contributed by atoms with Gasteiger partial charge in [0.25, 0.3) is 0 Å². The number of methoxy groups -OCH3 is 1. The first-order valence-corrected chi connectivity index (χ1v) is 33.4. The van der Waals surface area contributed by atoms with Crippen molar-refractivity contribution in [1.29, 1.82) is 0 Å². The van der Waals surface area contributed by atoms with Crippen LogP contribution < -0.4 is 4.74 Å². The van der Waals surface area contributed by atoms with Gasteiger partial charge >= 0.3 is 0 Å². The van der Waals surface area contributed by atoms with Crippen LogP contribution in [-0.4, -0.2) is 64.9 Å². The van der Waals surface area contributed by atoms with Crippen molar-refractivity contribution in [3.05, 3.63) is 348 Å². The van der Waals surface area contributed by atoms with Gasteiger partial charge in [-0.1, -0.05) is 264 Å². The number of Topliss-reactive ketones (excluding diaryl/α,β-unsaturated/α-hetero) is 10. The highest BCUT2D eigenvalue weighted by Crippen LogP contribution is 2.24.